The number of rotatable bonds is 7. The van der Waals surface area contributed by atoms with Crippen molar-refractivity contribution < 1.29 is 23.9 Å². The summed E-state index contributed by atoms with van der Waals surface area (Å²) in [7, 11) is 1.58. The van der Waals surface area contributed by atoms with Crippen molar-refractivity contribution in [3.8, 4) is 0 Å². The van der Waals surface area contributed by atoms with Gasteiger partial charge in [-0.05, 0) is 56.2 Å². The Labute approximate surface area is 193 Å². The van der Waals surface area contributed by atoms with Crippen molar-refractivity contribution in [2.24, 2.45) is 5.92 Å². The van der Waals surface area contributed by atoms with Crippen molar-refractivity contribution in [2.45, 2.75) is 19.8 Å². The van der Waals surface area contributed by atoms with Gasteiger partial charge in [0.2, 0.25) is 5.91 Å². The minimum atomic E-state index is -0.286. The average molecular weight is 452 g/mol. The van der Waals surface area contributed by atoms with Gasteiger partial charge in [0, 0.05) is 37.0 Å². The summed E-state index contributed by atoms with van der Waals surface area (Å²) in [4.78, 5) is 52.5. The van der Waals surface area contributed by atoms with Crippen molar-refractivity contribution in [1.82, 2.24) is 9.80 Å². The van der Waals surface area contributed by atoms with E-state index in [1.54, 1.807) is 67.4 Å². The van der Waals surface area contributed by atoms with E-state index < -0.39 is 0 Å². The van der Waals surface area contributed by atoms with Gasteiger partial charge in [-0.1, -0.05) is 18.2 Å². The van der Waals surface area contributed by atoms with Crippen LogP contribution in [-0.2, 0) is 14.3 Å². The maximum atomic E-state index is 12.7. The van der Waals surface area contributed by atoms with Gasteiger partial charge in [0.1, 0.15) is 0 Å². The van der Waals surface area contributed by atoms with E-state index in [1.165, 1.54) is 4.90 Å². The molecule has 0 bridgehead atoms. The smallest absolute Gasteiger partial charge is 0.309 e. The molecule has 1 saturated heterocycles. The molecular weight excluding hydrogens is 422 g/mol. The van der Waals surface area contributed by atoms with Crippen LogP contribution in [-0.4, -0.2) is 66.8 Å². The number of carbonyl (C=O) groups excluding carboxylic acids is 4. The first-order valence-electron chi connectivity index (χ1n) is 11.1. The molecule has 3 amide bonds. The van der Waals surface area contributed by atoms with Crippen molar-refractivity contribution in [1.29, 1.82) is 0 Å². The van der Waals surface area contributed by atoms with E-state index in [2.05, 4.69) is 5.32 Å². The first-order chi connectivity index (χ1) is 15.9. The summed E-state index contributed by atoms with van der Waals surface area (Å²) in [5, 5.41) is 2.79. The maximum Gasteiger partial charge on any atom is 0.309 e. The highest BCUT2D eigenvalue weighted by Crippen LogP contribution is 2.19. The lowest BCUT2D eigenvalue weighted by molar-refractivity contribution is -0.151. The number of benzene rings is 2. The number of ether oxygens (including phenoxy) is 1. The van der Waals surface area contributed by atoms with Crippen molar-refractivity contribution in [3.63, 3.8) is 0 Å². The fourth-order valence-electron chi connectivity index (χ4n) is 3.71. The number of esters is 1. The Morgan fingerprint density at radius 2 is 1.61 bits per heavy atom. The lowest BCUT2D eigenvalue weighted by atomic mass is 9.97. The Morgan fingerprint density at radius 3 is 2.21 bits per heavy atom. The molecule has 33 heavy (non-hydrogen) atoms. The number of amides is 3. The summed E-state index contributed by atoms with van der Waals surface area (Å²) in [5.74, 6) is -1.05. The number of hydrogen-bond acceptors (Lipinski definition) is 5. The van der Waals surface area contributed by atoms with Crippen LogP contribution in [0, 0.1) is 5.92 Å². The molecule has 0 aliphatic carbocycles. The van der Waals surface area contributed by atoms with Gasteiger partial charge in [-0.2, -0.15) is 0 Å². The third kappa shape index (κ3) is 6.41. The molecule has 1 aliphatic rings. The Morgan fingerprint density at radius 1 is 0.970 bits per heavy atom. The zero-order valence-electron chi connectivity index (χ0n) is 19.0. The Balaban J connectivity index is 1.50. The lowest BCUT2D eigenvalue weighted by Crippen LogP contribution is -2.45. The highest BCUT2D eigenvalue weighted by Gasteiger charge is 2.29. The van der Waals surface area contributed by atoms with Gasteiger partial charge in [0.25, 0.3) is 11.8 Å². The van der Waals surface area contributed by atoms with E-state index in [1.807, 2.05) is 6.07 Å². The molecule has 174 valence electrons. The molecule has 8 nitrogen and oxygen atoms in total. The molecule has 1 N–H and O–H groups in total. The molecule has 0 atom stereocenters. The topological polar surface area (TPSA) is 96.0 Å². The zero-order valence-corrected chi connectivity index (χ0v) is 19.0. The van der Waals surface area contributed by atoms with Gasteiger partial charge in [-0.3, -0.25) is 19.2 Å². The number of hydrogen-bond donors (Lipinski definition) is 1. The zero-order chi connectivity index (χ0) is 23.8. The van der Waals surface area contributed by atoms with Gasteiger partial charge in [0.15, 0.2) is 0 Å². The fraction of sp³-hybridized carbons (Fsp3) is 0.360. The maximum absolute atomic E-state index is 12.7. The molecule has 0 saturated carbocycles. The molecule has 1 aliphatic heterocycles. The van der Waals surface area contributed by atoms with Crippen LogP contribution in [0.4, 0.5) is 5.69 Å². The van der Waals surface area contributed by atoms with Gasteiger partial charge in [-0.25, -0.2) is 0 Å². The van der Waals surface area contributed by atoms with Crippen molar-refractivity contribution in [2.75, 3.05) is 38.6 Å². The molecule has 2 aromatic rings. The second-order valence-corrected chi connectivity index (χ2v) is 7.97. The third-order valence-electron chi connectivity index (χ3n) is 5.61. The van der Waals surface area contributed by atoms with Crippen molar-refractivity contribution in [3.05, 3.63) is 65.7 Å². The SMILES string of the molecule is CCOC(=O)C1CCN(C(=O)CN(C)C(=O)c2ccc(NC(=O)c3ccccc3)cc2)CC1. The molecule has 3 rings (SSSR count). The van der Waals surface area contributed by atoms with E-state index in [4.69, 9.17) is 4.74 Å². The summed E-state index contributed by atoms with van der Waals surface area (Å²) >= 11 is 0. The normalized spacial score (nSPS) is 13.8. The second-order valence-electron chi connectivity index (χ2n) is 7.97. The molecule has 1 heterocycles. The molecule has 0 radical (unpaired) electrons. The van der Waals surface area contributed by atoms with E-state index in [0.29, 0.717) is 49.4 Å². The van der Waals surface area contributed by atoms with E-state index in [9.17, 15) is 19.2 Å². The number of nitrogens with zero attached hydrogens (tertiary/aromatic N) is 2. The summed E-state index contributed by atoms with van der Waals surface area (Å²) in [5.41, 5.74) is 1.54. The lowest BCUT2D eigenvalue weighted by Gasteiger charge is -2.32. The number of likely N-dealkylation sites (N-methyl/N-ethyl adjacent to an activating group) is 1. The number of anilines is 1. The van der Waals surface area contributed by atoms with Gasteiger partial charge >= 0.3 is 5.97 Å². The minimum Gasteiger partial charge on any atom is -0.466 e. The van der Waals surface area contributed by atoms with Crippen LogP contribution >= 0.6 is 0 Å². The third-order valence-corrected chi connectivity index (χ3v) is 5.61. The average Bonchev–Trinajstić information content (AvgIpc) is 2.84. The van der Waals surface area contributed by atoms with E-state index >= 15 is 0 Å². The Kier molecular flexibility index (Phi) is 8.18. The summed E-state index contributed by atoms with van der Waals surface area (Å²) in [6.45, 7) is 3.03. The van der Waals surface area contributed by atoms with Gasteiger partial charge < -0.3 is 19.9 Å². The summed E-state index contributed by atoms with van der Waals surface area (Å²) in [6, 6.07) is 15.4. The van der Waals surface area contributed by atoms with Crippen LogP contribution in [0.25, 0.3) is 0 Å². The Bertz CT molecular complexity index is 983. The second kappa shape index (κ2) is 11.3. The Hall–Kier alpha value is -3.68. The summed E-state index contributed by atoms with van der Waals surface area (Å²) in [6.07, 6.45) is 1.14. The number of nitrogens with one attached hydrogen (secondary N) is 1. The largest absolute Gasteiger partial charge is 0.466 e. The first kappa shape index (κ1) is 24.0. The molecule has 0 aromatic heterocycles. The van der Waals surface area contributed by atoms with E-state index in [0.717, 1.165) is 0 Å². The molecule has 0 unspecified atom stereocenters. The molecule has 0 spiro atoms. The standard InChI is InChI=1S/C25H29N3O5/c1-3-33-25(32)20-13-15-28(16-14-20)22(29)17-27(2)24(31)19-9-11-21(12-10-19)26-23(30)18-7-5-4-6-8-18/h4-12,20H,3,13-17H2,1-2H3,(H,26,30). The highest BCUT2D eigenvalue weighted by atomic mass is 16.5. The fourth-order valence-corrected chi connectivity index (χ4v) is 3.71. The minimum absolute atomic E-state index is 0.0462. The van der Waals surface area contributed by atoms with Crippen LogP contribution < -0.4 is 5.32 Å². The van der Waals surface area contributed by atoms with Crippen LogP contribution in [0.1, 0.15) is 40.5 Å². The molecule has 8 heteroatoms. The molecular formula is C25H29N3O5. The monoisotopic (exact) mass is 451 g/mol. The van der Waals surface area contributed by atoms with Crippen LogP contribution in [0.15, 0.2) is 54.6 Å². The van der Waals surface area contributed by atoms with Gasteiger partial charge in [0.05, 0.1) is 19.1 Å². The number of likely N-dealkylation sites (tertiary alicyclic amines) is 1. The first-order valence-corrected chi connectivity index (χ1v) is 11.1. The predicted molar refractivity (Wildman–Crippen MR) is 124 cm³/mol. The van der Waals surface area contributed by atoms with E-state index in [-0.39, 0.29) is 36.2 Å². The van der Waals surface area contributed by atoms with Gasteiger partial charge in [-0.15, -0.1) is 0 Å². The summed E-state index contributed by atoms with van der Waals surface area (Å²) < 4.78 is 5.06. The number of carbonyl (C=O) groups is 4. The molecule has 2 aromatic carbocycles. The highest BCUT2D eigenvalue weighted by molar-refractivity contribution is 6.04. The predicted octanol–water partition coefficient (Wildman–Crippen LogP) is 2.81. The van der Waals surface area contributed by atoms with Crippen LogP contribution in [0.5, 0.6) is 0 Å². The van der Waals surface area contributed by atoms with Crippen LogP contribution in [0.3, 0.4) is 0 Å². The molecule has 1 fully saturated rings. The number of piperidine rings is 1. The van der Waals surface area contributed by atoms with Crippen molar-refractivity contribution >= 4 is 29.4 Å². The van der Waals surface area contributed by atoms with Crippen LogP contribution in [0.2, 0.25) is 0 Å². The quantitative estimate of drug-likeness (QED) is 0.653.